The van der Waals surface area contributed by atoms with Crippen LogP contribution in [0.15, 0.2) is 30.6 Å². The van der Waals surface area contributed by atoms with E-state index in [0.717, 1.165) is 36.4 Å². The molecule has 0 radical (unpaired) electrons. The SMILES string of the molecule is CCNC(=O)c1ccc(C)c(NC[C@@H]2CCO[C@H]2c2cnn(C)c2)c1. The molecule has 3 rings (SSSR count). The highest BCUT2D eigenvalue weighted by Crippen LogP contribution is 2.34. The summed E-state index contributed by atoms with van der Waals surface area (Å²) in [6.07, 6.45) is 4.99. The molecular weight excluding hydrogens is 316 g/mol. The van der Waals surface area contributed by atoms with Crippen LogP contribution in [0.3, 0.4) is 0 Å². The molecule has 2 heterocycles. The van der Waals surface area contributed by atoms with Gasteiger partial charge in [0.15, 0.2) is 0 Å². The zero-order valence-electron chi connectivity index (χ0n) is 15.1. The maximum atomic E-state index is 12.0. The van der Waals surface area contributed by atoms with Crippen molar-refractivity contribution in [3.8, 4) is 0 Å². The van der Waals surface area contributed by atoms with Crippen LogP contribution in [-0.2, 0) is 11.8 Å². The van der Waals surface area contributed by atoms with E-state index in [-0.39, 0.29) is 12.0 Å². The van der Waals surface area contributed by atoms with Crippen LogP contribution in [0.4, 0.5) is 5.69 Å². The summed E-state index contributed by atoms with van der Waals surface area (Å²) in [4.78, 5) is 12.0. The van der Waals surface area contributed by atoms with Gasteiger partial charge in [0.1, 0.15) is 0 Å². The Balaban J connectivity index is 1.68. The van der Waals surface area contributed by atoms with Gasteiger partial charge in [-0.25, -0.2) is 0 Å². The smallest absolute Gasteiger partial charge is 0.251 e. The van der Waals surface area contributed by atoms with Crippen LogP contribution in [0.2, 0.25) is 0 Å². The minimum absolute atomic E-state index is 0.0389. The molecule has 1 aliphatic rings. The van der Waals surface area contributed by atoms with E-state index in [9.17, 15) is 4.79 Å². The first-order valence-corrected chi connectivity index (χ1v) is 8.81. The first-order valence-electron chi connectivity index (χ1n) is 8.81. The summed E-state index contributed by atoms with van der Waals surface area (Å²) < 4.78 is 7.73. The van der Waals surface area contributed by atoms with Gasteiger partial charge in [0.05, 0.1) is 12.3 Å². The second-order valence-corrected chi connectivity index (χ2v) is 6.56. The standard InChI is InChI=1S/C19H26N4O2/c1-4-20-19(24)14-6-5-13(2)17(9-14)21-10-15-7-8-25-18(15)16-11-22-23(3)12-16/h5-6,9,11-12,15,18,21H,4,7-8,10H2,1-3H3,(H,20,24)/t15-,18+/m0/s1. The lowest BCUT2D eigenvalue weighted by Gasteiger charge is -2.19. The number of carbonyl (C=O) groups excluding carboxylic acids is 1. The molecule has 1 fully saturated rings. The van der Waals surface area contributed by atoms with Crippen molar-refractivity contribution >= 4 is 11.6 Å². The Morgan fingerprint density at radius 3 is 3.00 bits per heavy atom. The zero-order valence-corrected chi connectivity index (χ0v) is 15.1. The highest BCUT2D eigenvalue weighted by Gasteiger charge is 2.30. The lowest BCUT2D eigenvalue weighted by Crippen LogP contribution is -2.23. The number of hydrogen-bond acceptors (Lipinski definition) is 4. The van der Waals surface area contributed by atoms with E-state index in [1.165, 1.54) is 0 Å². The normalized spacial score (nSPS) is 19.8. The molecule has 0 saturated carbocycles. The largest absolute Gasteiger partial charge is 0.384 e. The number of hydrogen-bond donors (Lipinski definition) is 2. The maximum Gasteiger partial charge on any atom is 0.251 e. The van der Waals surface area contributed by atoms with Crippen LogP contribution < -0.4 is 10.6 Å². The van der Waals surface area contributed by atoms with Crippen molar-refractivity contribution in [2.45, 2.75) is 26.4 Å². The summed E-state index contributed by atoms with van der Waals surface area (Å²) >= 11 is 0. The van der Waals surface area contributed by atoms with Gasteiger partial charge in [-0.2, -0.15) is 5.10 Å². The molecule has 0 unspecified atom stereocenters. The zero-order chi connectivity index (χ0) is 17.8. The molecule has 1 saturated heterocycles. The molecule has 1 aliphatic heterocycles. The van der Waals surface area contributed by atoms with Gasteiger partial charge in [0.2, 0.25) is 0 Å². The summed E-state index contributed by atoms with van der Waals surface area (Å²) in [5.41, 5.74) is 3.94. The van der Waals surface area contributed by atoms with Gasteiger partial charge in [-0.15, -0.1) is 0 Å². The quantitative estimate of drug-likeness (QED) is 0.847. The molecule has 1 aromatic heterocycles. The number of benzene rings is 1. The topological polar surface area (TPSA) is 68.2 Å². The molecule has 2 N–H and O–H groups in total. The number of aryl methyl sites for hydroxylation is 2. The number of nitrogens with zero attached hydrogens (tertiary/aromatic N) is 2. The maximum absolute atomic E-state index is 12.0. The highest BCUT2D eigenvalue weighted by atomic mass is 16.5. The Morgan fingerprint density at radius 1 is 1.44 bits per heavy atom. The second-order valence-electron chi connectivity index (χ2n) is 6.56. The van der Waals surface area contributed by atoms with Crippen molar-refractivity contribution < 1.29 is 9.53 Å². The fourth-order valence-corrected chi connectivity index (χ4v) is 3.26. The molecule has 0 bridgehead atoms. The Bertz CT molecular complexity index is 741. The first-order chi connectivity index (χ1) is 12.1. The Labute approximate surface area is 148 Å². The van der Waals surface area contributed by atoms with E-state index in [0.29, 0.717) is 18.0 Å². The highest BCUT2D eigenvalue weighted by molar-refractivity contribution is 5.95. The molecular formula is C19H26N4O2. The number of carbonyl (C=O) groups is 1. The van der Waals surface area contributed by atoms with Crippen LogP contribution in [0.5, 0.6) is 0 Å². The molecule has 134 valence electrons. The van der Waals surface area contributed by atoms with Gasteiger partial charge in [-0.3, -0.25) is 9.48 Å². The van der Waals surface area contributed by atoms with E-state index in [4.69, 9.17) is 4.74 Å². The van der Waals surface area contributed by atoms with Gasteiger partial charge in [0.25, 0.3) is 5.91 Å². The third kappa shape index (κ3) is 4.02. The molecule has 2 atom stereocenters. The number of aromatic nitrogens is 2. The van der Waals surface area contributed by atoms with Gasteiger partial charge in [0, 0.05) is 55.7 Å². The monoisotopic (exact) mass is 342 g/mol. The number of anilines is 1. The number of rotatable bonds is 6. The number of nitrogens with one attached hydrogen (secondary N) is 2. The molecule has 6 heteroatoms. The molecule has 0 spiro atoms. The van der Waals surface area contributed by atoms with Crippen LogP contribution in [0.25, 0.3) is 0 Å². The second kappa shape index (κ2) is 7.70. The van der Waals surface area contributed by atoms with Gasteiger partial charge < -0.3 is 15.4 Å². The average molecular weight is 342 g/mol. The van der Waals surface area contributed by atoms with E-state index in [1.807, 2.05) is 56.2 Å². The van der Waals surface area contributed by atoms with Crippen molar-refractivity contribution in [3.63, 3.8) is 0 Å². The van der Waals surface area contributed by atoms with Crippen molar-refractivity contribution in [2.24, 2.45) is 13.0 Å². The first kappa shape index (κ1) is 17.5. The van der Waals surface area contributed by atoms with E-state index < -0.39 is 0 Å². The number of amides is 1. The predicted molar refractivity (Wildman–Crippen MR) is 97.7 cm³/mol. The molecule has 25 heavy (non-hydrogen) atoms. The lowest BCUT2D eigenvalue weighted by atomic mass is 9.97. The van der Waals surface area contributed by atoms with Crippen molar-refractivity contribution in [3.05, 3.63) is 47.3 Å². The lowest BCUT2D eigenvalue weighted by molar-refractivity contribution is 0.0932. The predicted octanol–water partition coefficient (Wildman–Crippen LogP) is 2.67. The average Bonchev–Trinajstić information content (AvgIpc) is 3.22. The Kier molecular flexibility index (Phi) is 5.38. The van der Waals surface area contributed by atoms with Crippen molar-refractivity contribution in [2.75, 3.05) is 25.0 Å². The minimum Gasteiger partial charge on any atom is -0.384 e. The fourth-order valence-electron chi connectivity index (χ4n) is 3.26. The van der Waals surface area contributed by atoms with Gasteiger partial charge in [-0.05, 0) is 38.0 Å². The van der Waals surface area contributed by atoms with Crippen LogP contribution in [-0.4, -0.2) is 35.4 Å². The molecule has 1 aromatic carbocycles. The van der Waals surface area contributed by atoms with Crippen molar-refractivity contribution in [1.82, 2.24) is 15.1 Å². The Morgan fingerprint density at radius 2 is 2.28 bits per heavy atom. The van der Waals surface area contributed by atoms with Crippen LogP contribution >= 0.6 is 0 Å². The summed E-state index contributed by atoms with van der Waals surface area (Å²) in [6, 6.07) is 5.77. The Hall–Kier alpha value is -2.34. The summed E-state index contributed by atoms with van der Waals surface area (Å²) in [7, 11) is 1.92. The molecule has 1 amide bonds. The summed E-state index contributed by atoms with van der Waals surface area (Å²) in [5.74, 6) is 0.347. The van der Waals surface area contributed by atoms with Crippen molar-refractivity contribution in [1.29, 1.82) is 0 Å². The van der Waals surface area contributed by atoms with E-state index in [1.54, 1.807) is 0 Å². The van der Waals surface area contributed by atoms with E-state index in [2.05, 4.69) is 15.7 Å². The van der Waals surface area contributed by atoms with E-state index >= 15 is 0 Å². The minimum atomic E-state index is -0.0389. The fraction of sp³-hybridized carbons (Fsp3) is 0.474. The van der Waals surface area contributed by atoms with Crippen LogP contribution in [0.1, 0.15) is 40.9 Å². The molecule has 0 aliphatic carbocycles. The number of ether oxygens (including phenoxy) is 1. The van der Waals surface area contributed by atoms with Gasteiger partial charge in [-0.1, -0.05) is 6.07 Å². The molecule has 2 aromatic rings. The third-order valence-electron chi connectivity index (χ3n) is 4.66. The molecule has 6 nitrogen and oxygen atoms in total. The third-order valence-corrected chi connectivity index (χ3v) is 4.66. The summed E-state index contributed by atoms with van der Waals surface area (Å²) in [6.45, 7) is 6.17. The summed E-state index contributed by atoms with van der Waals surface area (Å²) in [5, 5.41) is 10.6. The van der Waals surface area contributed by atoms with Gasteiger partial charge >= 0.3 is 0 Å². The van der Waals surface area contributed by atoms with Crippen LogP contribution in [0, 0.1) is 12.8 Å².